The topological polar surface area (TPSA) is 42.6 Å². The van der Waals surface area contributed by atoms with Gasteiger partial charge in [-0.15, -0.1) is 0 Å². The van der Waals surface area contributed by atoms with Gasteiger partial charge < -0.3 is 27.8 Å². The van der Waals surface area contributed by atoms with Gasteiger partial charge in [0.1, 0.15) is 11.3 Å². The lowest BCUT2D eigenvalue weighted by atomic mass is 9.87. The smallest absolute Gasteiger partial charge is 0.159 e. The predicted molar refractivity (Wildman–Crippen MR) is 324 cm³/mol. The molecule has 16 rings (SSSR count). The van der Waals surface area contributed by atoms with Crippen molar-refractivity contribution in [2.75, 3.05) is 9.80 Å². The van der Waals surface area contributed by atoms with E-state index in [-0.39, 0.29) is 0 Å². The van der Waals surface area contributed by atoms with Crippen LogP contribution in [0.15, 0.2) is 288 Å². The van der Waals surface area contributed by atoms with Crippen molar-refractivity contribution >= 4 is 121 Å². The van der Waals surface area contributed by atoms with Crippen LogP contribution in [0, 0.1) is 0 Å². The molecular formula is C72H46N4O2. The summed E-state index contributed by atoms with van der Waals surface area (Å²) in [6.45, 7) is 0. The van der Waals surface area contributed by atoms with Crippen LogP contribution in [-0.4, -0.2) is 9.13 Å². The minimum Gasteiger partial charge on any atom is -0.464 e. The summed E-state index contributed by atoms with van der Waals surface area (Å²) in [6, 6.07) is 95.8. The lowest BCUT2D eigenvalue weighted by Crippen LogP contribution is -2.12. The molecule has 0 unspecified atom stereocenters. The fourth-order valence-electron chi connectivity index (χ4n) is 12.6. The fourth-order valence-corrected chi connectivity index (χ4v) is 12.6. The molecule has 16 aromatic rings. The zero-order valence-corrected chi connectivity index (χ0v) is 42.2. The Morgan fingerprint density at radius 1 is 0.244 bits per heavy atom. The number of anilines is 6. The molecule has 0 atom stereocenters. The number of aromatic nitrogens is 2. The van der Waals surface area contributed by atoms with Crippen LogP contribution in [0.1, 0.15) is 0 Å². The quantitative estimate of drug-likeness (QED) is 0.135. The largest absolute Gasteiger partial charge is 0.464 e. The van der Waals surface area contributed by atoms with E-state index in [1.807, 2.05) is 12.5 Å². The molecule has 0 aliphatic carbocycles. The molecular weight excluding hydrogens is 953 g/mol. The third kappa shape index (κ3) is 6.57. The van der Waals surface area contributed by atoms with Gasteiger partial charge in [0.25, 0.3) is 0 Å². The Morgan fingerprint density at radius 2 is 0.628 bits per heavy atom. The molecule has 78 heavy (non-hydrogen) atoms. The first-order valence-electron chi connectivity index (χ1n) is 26.5. The van der Waals surface area contributed by atoms with Gasteiger partial charge >= 0.3 is 0 Å². The van der Waals surface area contributed by atoms with E-state index in [0.29, 0.717) is 0 Å². The van der Waals surface area contributed by atoms with Crippen molar-refractivity contribution in [3.8, 4) is 22.5 Å². The molecule has 0 saturated carbocycles. The maximum Gasteiger partial charge on any atom is 0.159 e. The van der Waals surface area contributed by atoms with E-state index < -0.39 is 0 Å². The van der Waals surface area contributed by atoms with E-state index >= 15 is 0 Å². The SMILES string of the molecule is c1ccc(N(c2ccc3c(c2)c2ccccc2n3-c2ccccc2)c2c3ccccc3c(-c3c4ccoc4c(N(c4ccccc4)c4ccc5c(c4)c4ccccc4n5-c4ccccc4)c4ccoc34)c3ccccc23)cc1. The Morgan fingerprint density at radius 3 is 1.13 bits per heavy atom. The van der Waals surface area contributed by atoms with Gasteiger partial charge in [0, 0.05) is 88.3 Å². The molecule has 0 fully saturated rings. The minimum atomic E-state index is 0.765. The lowest BCUT2D eigenvalue weighted by molar-refractivity contribution is 0.613. The summed E-state index contributed by atoms with van der Waals surface area (Å²) in [5, 5.41) is 11.0. The molecule has 0 bridgehead atoms. The second-order valence-electron chi connectivity index (χ2n) is 20.0. The van der Waals surface area contributed by atoms with Gasteiger partial charge in [-0.3, -0.25) is 0 Å². The molecule has 0 spiro atoms. The number of fused-ring (bicyclic) bond motifs is 10. The van der Waals surface area contributed by atoms with Crippen molar-refractivity contribution in [1.29, 1.82) is 0 Å². The zero-order valence-electron chi connectivity index (χ0n) is 42.2. The lowest BCUT2D eigenvalue weighted by Gasteiger charge is -2.30. The first-order valence-corrected chi connectivity index (χ1v) is 26.5. The molecule has 6 nitrogen and oxygen atoms in total. The molecule has 0 N–H and O–H groups in total. The molecule has 0 amide bonds. The van der Waals surface area contributed by atoms with Crippen LogP contribution in [0.4, 0.5) is 34.1 Å². The Labute approximate surface area is 448 Å². The van der Waals surface area contributed by atoms with Crippen molar-refractivity contribution < 1.29 is 8.83 Å². The van der Waals surface area contributed by atoms with Gasteiger partial charge in [-0.2, -0.15) is 0 Å². The molecule has 12 aromatic carbocycles. The average molecular weight is 999 g/mol. The number of hydrogen-bond acceptors (Lipinski definition) is 4. The van der Waals surface area contributed by atoms with E-state index in [2.05, 4.69) is 286 Å². The highest BCUT2D eigenvalue weighted by Gasteiger charge is 2.30. The van der Waals surface area contributed by atoms with Crippen LogP contribution in [0.5, 0.6) is 0 Å². The highest BCUT2D eigenvalue weighted by atomic mass is 16.3. The molecule has 0 saturated heterocycles. The highest BCUT2D eigenvalue weighted by Crippen LogP contribution is 2.55. The van der Waals surface area contributed by atoms with Gasteiger partial charge in [-0.25, -0.2) is 0 Å². The summed E-state index contributed by atoms with van der Waals surface area (Å²) in [7, 11) is 0. The molecule has 0 radical (unpaired) electrons. The third-order valence-electron chi connectivity index (χ3n) is 15.8. The number of nitrogens with zero attached hydrogens (tertiary/aromatic N) is 4. The summed E-state index contributed by atoms with van der Waals surface area (Å²) in [5.41, 5.74) is 16.6. The summed E-state index contributed by atoms with van der Waals surface area (Å²) in [5.74, 6) is 0. The Hall–Kier alpha value is -10.6. The maximum absolute atomic E-state index is 6.86. The Bertz CT molecular complexity index is 4870. The second-order valence-corrected chi connectivity index (χ2v) is 20.0. The molecule has 4 heterocycles. The van der Waals surface area contributed by atoms with Crippen LogP contribution in [0.3, 0.4) is 0 Å². The first-order chi connectivity index (χ1) is 38.8. The number of hydrogen-bond donors (Lipinski definition) is 0. The van der Waals surface area contributed by atoms with Crippen LogP contribution >= 0.6 is 0 Å². The van der Waals surface area contributed by atoms with Crippen LogP contribution in [0.2, 0.25) is 0 Å². The van der Waals surface area contributed by atoms with Crippen molar-refractivity contribution in [3.63, 3.8) is 0 Å². The summed E-state index contributed by atoms with van der Waals surface area (Å²) < 4.78 is 18.4. The molecule has 4 aromatic heterocycles. The van der Waals surface area contributed by atoms with Crippen LogP contribution < -0.4 is 9.80 Å². The van der Waals surface area contributed by atoms with E-state index in [9.17, 15) is 0 Å². The van der Waals surface area contributed by atoms with Gasteiger partial charge in [-0.1, -0.05) is 158 Å². The Balaban J connectivity index is 0.938. The van der Waals surface area contributed by atoms with Crippen molar-refractivity contribution in [1.82, 2.24) is 9.13 Å². The third-order valence-corrected chi connectivity index (χ3v) is 15.8. The molecule has 0 aliphatic rings. The summed E-state index contributed by atoms with van der Waals surface area (Å²) >= 11 is 0. The van der Waals surface area contributed by atoms with E-state index in [1.54, 1.807) is 0 Å². The van der Waals surface area contributed by atoms with Gasteiger partial charge in [-0.05, 0) is 120 Å². The normalized spacial score (nSPS) is 11.8. The molecule has 366 valence electrons. The van der Waals surface area contributed by atoms with Gasteiger partial charge in [0.05, 0.1) is 40.3 Å². The monoisotopic (exact) mass is 998 g/mol. The summed E-state index contributed by atoms with van der Waals surface area (Å²) in [6.07, 6.45) is 3.66. The van der Waals surface area contributed by atoms with E-state index in [0.717, 1.165) is 122 Å². The summed E-state index contributed by atoms with van der Waals surface area (Å²) in [4.78, 5) is 4.79. The van der Waals surface area contributed by atoms with Crippen molar-refractivity contribution in [2.24, 2.45) is 0 Å². The Kier molecular flexibility index (Phi) is 9.84. The minimum absolute atomic E-state index is 0.765. The zero-order chi connectivity index (χ0) is 51.3. The second kappa shape index (κ2) is 17.5. The number of para-hydroxylation sites is 6. The fraction of sp³-hybridized carbons (Fsp3) is 0. The standard InChI is InChI=1S/C72H46N4O2/c1-5-21-47(22-6-1)73(51-37-39-65-61(45-51)53-29-17-19-35-63(53)75(65)49-25-9-3-10-26-49)69-57-33-15-13-31-55(57)67(56-32-14-16-34-58(56)69)68-59-41-43-78-72(59)70(60-42-44-77-71(60)68)74(48-23-7-2-8-24-48)52-38-40-66-62(46-52)54-30-18-20-36-64(54)76(66)50-27-11-4-12-28-50/h1-46H. The van der Waals surface area contributed by atoms with Crippen molar-refractivity contribution in [3.05, 3.63) is 279 Å². The molecule has 0 aliphatic heterocycles. The van der Waals surface area contributed by atoms with Crippen molar-refractivity contribution in [2.45, 2.75) is 0 Å². The van der Waals surface area contributed by atoms with Crippen LogP contribution in [0.25, 0.3) is 110 Å². The first kappa shape index (κ1) is 43.8. The average Bonchev–Trinajstić information content (AvgIpc) is 4.38. The predicted octanol–water partition coefficient (Wildman–Crippen LogP) is 20.3. The van der Waals surface area contributed by atoms with Gasteiger partial charge in [0.2, 0.25) is 0 Å². The van der Waals surface area contributed by atoms with Gasteiger partial charge in [0.15, 0.2) is 5.58 Å². The van der Waals surface area contributed by atoms with E-state index in [4.69, 9.17) is 8.83 Å². The highest BCUT2D eigenvalue weighted by molar-refractivity contribution is 6.29. The number of rotatable bonds is 9. The van der Waals surface area contributed by atoms with E-state index in [1.165, 1.54) is 21.7 Å². The molecule has 6 heteroatoms. The number of benzene rings is 12. The maximum atomic E-state index is 6.86. The number of furan rings is 2. The van der Waals surface area contributed by atoms with Crippen LogP contribution in [-0.2, 0) is 0 Å².